The summed E-state index contributed by atoms with van der Waals surface area (Å²) in [6.45, 7) is 12.5. The Kier molecular flexibility index (Phi) is 8.49. The number of thiazole rings is 1. The highest BCUT2D eigenvalue weighted by atomic mass is 35.5. The standard InChI is InChI=1S/C26H32ClN7O3S/c1-16-7-6-8-18(27)23(16)32-24(36)19-14-28-25(38-19)31-20-13-21(30-17(2)29-20)34-11-9-33(10-12-34)15-22(35)37-26(3,4)5/h6-8,13-14H,9-12,15H2,1-5H3,(H,32,36)(H,28,29,30,31). The van der Waals surface area contributed by atoms with Crippen LogP contribution in [0.1, 0.15) is 41.8 Å². The SMILES string of the molecule is Cc1nc(Nc2ncc(C(=O)Nc3c(C)cccc3Cl)s2)cc(N2CCN(CC(=O)OC(C)(C)C)CC2)n1. The maximum Gasteiger partial charge on any atom is 0.320 e. The lowest BCUT2D eigenvalue weighted by atomic mass is 10.2. The number of para-hydroxylation sites is 1. The second-order valence-corrected chi connectivity index (χ2v) is 11.5. The number of hydrogen-bond donors (Lipinski definition) is 2. The fraction of sp³-hybridized carbons (Fsp3) is 0.423. The lowest BCUT2D eigenvalue weighted by Gasteiger charge is -2.35. The average molecular weight is 558 g/mol. The fourth-order valence-electron chi connectivity index (χ4n) is 3.98. The number of amides is 1. The van der Waals surface area contributed by atoms with Crippen molar-refractivity contribution in [3.8, 4) is 0 Å². The molecular weight excluding hydrogens is 526 g/mol. The Morgan fingerprint density at radius 3 is 2.55 bits per heavy atom. The van der Waals surface area contributed by atoms with E-state index in [9.17, 15) is 9.59 Å². The first kappa shape index (κ1) is 27.7. The highest BCUT2D eigenvalue weighted by Crippen LogP contribution is 2.28. The highest BCUT2D eigenvalue weighted by molar-refractivity contribution is 7.17. The third kappa shape index (κ3) is 7.40. The molecule has 12 heteroatoms. The van der Waals surface area contributed by atoms with E-state index in [0.717, 1.165) is 37.6 Å². The summed E-state index contributed by atoms with van der Waals surface area (Å²) in [5.41, 5.74) is 0.977. The van der Waals surface area contributed by atoms with E-state index < -0.39 is 5.60 Å². The molecule has 0 radical (unpaired) electrons. The maximum atomic E-state index is 12.8. The first-order valence-corrected chi connectivity index (χ1v) is 13.5. The van der Waals surface area contributed by atoms with Gasteiger partial charge >= 0.3 is 5.97 Å². The molecule has 3 heterocycles. The number of aromatic nitrogens is 3. The van der Waals surface area contributed by atoms with E-state index in [1.54, 1.807) is 6.07 Å². The topological polar surface area (TPSA) is 113 Å². The number of nitrogens with one attached hydrogen (secondary N) is 2. The molecule has 3 aromatic rings. The zero-order valence-electron chi connectivity index (χ0n) is 22.2. The highest BCUT2D eigenvalue weighted by Gasteiger charge is 2.24. The minimum absolute atomic E-state index is 0.214. The van der Waals surface area contributed by atoms with Crippen molar-refractivity contribution >= 4 is 57.3 Å². The molecule has 1 aliphatic rings. The van der Waals surface area contributed by atoms with Crippen LogP contribution in [0.5, 0.6) is 0 Å². The van der Waals surface area contributed by atoms with Gasteiger partial charge in [0, 0.05) is 32.2 Å². The summed E-state index contributed by atoms with van der Waals surface area (Å²) >= 11 is 7.46. The molecule has 1 saturated heterocycles. The van der Waals surface area contributed by atoms with Gasteiger partial charge < -0.3 is 20.3 Å². The number of piperazine rings is 1. The molecular formula is C26H32ClN7O3S. The van der Waals surface area contributed by atoms with Crippen molar-refractivity contribution in [1.82, 2.24) is 19.9 Å². The summed E-state index contributed by atoms with van der Waals surface area (Å²) in [7, 11) is 0. The number of carbonyl (C=O) groups excluding carboxylic acids is 2. The van der Waals surface area contributed by atoms with E-state index >= 15 is 0 Å². The summed E-state index contributed by atoms with van der Waals surface area (Å²) in [6, 6.07) is 7.32. The van der Waals surface area contributed by atoms with E-state index in [1.165, 1.54) is 17.5 Å². The maximum absolute atomic E-state index is 12.8. The van der Waals surface area contributed by atoms with Gasteiger partial charge in [0.05, 0.1) is 23.5 Å². The van der Waals surface area contributed by atoms with E-state index in [0.29, 0.717) is 32.4 Å². The van der Waals surface area contributed by atoms with Crippen molar-refractivity contribution in [1.29, 1.82) is 0 Å². The number of rotatable bonds is 7. The molecule has 1 amide bonds. The number of benzene rings is 1. The van der Waals surface area contributed by atoms with Crippen LogP contribution in [0.25, 0.3) is 0 Å². The number of ether oxygens (including phenoxy) is 1. The third-order valence-electron chi connectivity index (χ3n) is 5.72. The zero-order chi connectivity index (χ0) is 27.4. The predicted molar refractivity (Wildman–Crippen MR) is 151 cm³/mol. The number of anilines is 4. The van der Waals surface area contributed by atoms with Gasteiger partial charge in [-0.1, -0.05) is 35.1 Å². The van der Waals surface area contributed by atoms with Crippen molar-refractivity contribution in [2.24, 2.45) is 0 Å². The van der Waals surface area contributed by atoms with Gasteiger partial charge in [-0.3, -0.25) is 14.5 Å². The summed E-state index contributed by atoms with van der Waals surface area (Å²) in [5, 5.41) is 7.08. The van der Waals surface area contributed by atoms with Crippen LogP contribution >= 0.6 is 22.9 Å². The van der Waals surface area contributed by atoms with Crippen LogP contribution in [0.3, 0.4) is 0 Å². The van der Waals surface area contributed by atoms with Crippen molar-refractivity contribution in [2.45, 2.75) is 40.2 Å². The molecule has 0 unspecified atom stereocenters. The van der Waals surface area contributed by atoms with Gasteiger partial charge in [0.25, 0.3) is 5.91 Å². The molecule has 1 aromatic carbocycles. The minimum atomic E-state index is -0.489. The van der Waals surface area contributed by atoms with Crippen LogP contribution in [0.15, 0.2) is 30.5 Å². The van der Waals surface area contributed by atoms with Gasteiger partial charge in [0.2, 0.25) is 0 Å². The second-order valence-electron chi connectivity index (χ2n) is 10.0. The van der Waals surface area contributed by atoms with Crippen molar-refractivity contribution in [3.63, 3.8) is 0 Å². The zero-order valence-corrected chi connectivity index (χ0v) is 23.7. The number of esters is 1. The Hall–Kier alpha value is -3.28. The second kappa shape index (κ2) is 11.6. The largest absolute Gasteiger partial charge is 0.459 e. The molecule has 2 N–H and O–H groups in total. The van der Waals surface area contributed by atoms with Crippen LogP contribution < -0.4 is 15.5 Å². The Morgan fingerprint density at radius 1 is 1.13 bits per heavy atom. The molecule has 1 aliphatic heterocycles. The number of hydrogen-bond acceptors (Lipinski definition) is 10. The molecule has 0 saturated carbocycles. The molecule has 202 valence electrons. The van der Waals surface area contributed by atoms with Crippen molar-refractivity contribution in [2.75, 3.05) is 48.3 Å². The molecule has 2 aromatic heterocycles. The molecule has 10 nitrogen and oxygen atoms in total. The smallest absolute Gasteiger partial charge is 0.320 e. The first-order valence-electron chi connectivity index (χ1n) is 12.3. The van der Waals surface area contributed by atoms with Crippen LogP contribution in [-0.2, 0) is 9.53 Å². The molecule has 0 spiro atoms. The fourth-order valence-corrected chi connectivity index (χ4v) is 4.97. The molecule has 38 heavy (non-hydrogen) atoms. The summed E-state index contributed by atoms with van der Waals surface area (Å²) in [6.07, 6.45) is 1.52. The van der Waals surface area contributed by atoms with Gasteiger partial charge in [0.1, 0.15) is 27.9 Å². The third-order valence-corrected chi connectivity index (χ3v) is 6.94. The minimum Gasteiger partial charge on any atom is -0.459 e. The van der Waals surface area contributed by atoms with Gasteiger partial charge in [-0.05, 0) is 46.2 Å². The summed E-state index contributed by atoms with van der Waals surface area (Å²) < 4.78 is 5.44. The number of carbonyl (C=O) groups is 2. The Bertz CT molecular complexity index is 1300. The van der Waals surface area contributed by atoms with E-state index in [2.05, 4.69) is 35.4 Å². The van der Waals surface area contributed by atoms with E-state index in [4.69, 9.17) is 16.3 Å². The predicted octanol–water partition coefficient (Wildman–Crippen LogP) is 4.66. The number of nitrogens with zero attached hydrogens (tertiary/aromatic N) is 5. The van der Waals surface area contributed by atoms with E-state index in [-0.39, 0.29) is 18.4 Å². The molecule has 0 aliphatic carbocycles. The van der Waals surface area contributed by atoms with Crippen LogP contribution in [0.4, 0.5) is 22.5 Å². The van der Waals surface area contributed by atoms with Gasteiger partial charge in [-0.2, -0.15) is 0 Å². The molecule has 1 fully saturated rings. The Labute approximate surface area is 231 Å². The molecule has 0 bridgehead atoms. The van der Waals surface area contributed by atoms with Gasteiger partial charge in [0.15, 0.2) is 5.13 Å². The summed E-state index contributed by atoms with van der Waals surface area (Å²) in [5.74, 6) is 1.50. The summed E-state index contributed by atoms with van der Waals surface area (Å²) in [4.78, 5) is 43.1. The van der Waals surface area contributed by atoms with Gasteiger partial charge in [-0.25, -0.2) is 15.0 Å². The monoisotopic (exact) mass is 557 g/mol. The van der Waals surface area contributed by atoms with Crippen LogP contribution in [0.2, 0.25) is 5.02 Å². The van der Waals surface area contributed by atoms with Crippen molar-refractivity contribution < 1.29 is 14.3 Å². The van der Waals surface area contributed by atoms with Crippen LogP contribution in [-0.4, -0.2) is 70.1 Å². The molecule has 0 atom stereocenters. The van der Waals surface area contributed by atoms with Gasteiger partial charge in [-0.15, -0.1) is 0 Å². The first-order chi connectivity index (χ1) is 18.0. The molecule has 4 rings (SSSR count). The quantitative estimate of drug-likeness (QED) is 0.400. The lowest BCUT2D eigenvalue weighted by Crippen LogP contribution is -2.49. The lowest BCUT2D eigenvalue weighted by molar-refractivity contribution is -0.156. The number of aryl methyl sites for hydroxylation is 2. The van der Waals surface area contributed by atoms with Crippen LogP contribution in [0, 0.1) is 13.8 Å². The normalized spacial score (nSPS) is 14.3. The Balaban J connectivity index is 1.37. The Morgan fingerprint density at radius 2 is 1.87 bits per heavy atom. The number of halogens is 1. The van der Waals surface area contributed by atoms with E-state index in [1.807, 2.05) is 52.8 Å². The van der Waals surface area contributed by atoms with Crippen molar-refractivity contribution in [3.05, 3.63) is 51.7 Å². The average Bonchev–Trinajstić information content (AvgIpc) is 3.29.